The highest BCUT2D eigenvalue weighted by Crippen LogP contribution is 2.59. The summed E-state index contributed by atoms with van der Waals surface area (Å²) in [5, 5.41) is 9.20. The van der Waals surface area contributed by atoms with Crippen molar-refractivity contribution >= 4 is 17.6 Å². The van der Waals surface area contributed by atoms with Crippen LogP contribution in [0.4, 0.5) is 5.69 Å². The Labute approximate surface area is 119 Å². The Hall–Kier alpha value is -1.84. The topological polar surface area (TPSA) is 57.6 Å². The second kappa shape index (κ2) is 4.93. The number of carbonyl (C=O) groups excluding carboxylic acids is 1. The predicted octanol–water partition coefficient (Wildman–Crippen LogP) is 2.70. The molecule has 20 heavy (non-hydrogen) atoms. The summed E-state index contributed by atoms with van der Waals surface area (Å²) < 4.78 is 0. The average molecular weight is 275 g/mol. The van der Waals surface area contributed by atoms with Gasteiger partial charge < -0.3 is 10.0 Å². The van der Waals surface area contributed by atoms with Crippen LogP contribution in [0.3, 0.4) is 0 Å². The van der Waals surface area contributed by atoms with Crippen molar-refractivity contribution in [3.8, 4) is 0 Å². The van der Waals surface area contributed by atoms with Crippen molar-refractivity contribution < 1.29 is 14.7 Å². The van der Waals surface area contributed by atoms with Crippen LogP contribution >= 0.6 is 0 Å². The predicted molar refractivity (Wildman–Crippen MR) is 77.6 cm³/mol. The molecule has 0 radical (unpaired) electrons. The third kappa shape index (κ3) is 2.30. The largest absolute Gasteiger partial charge is 0.481 e. The molecule has 1 fully saturated rings. The summed E-state index contributed by atoms with van der Waals surface area (Å²) in [5.74, 6) is -1.97. The van der Waals surface area contributed by atoms with Gasteiger partial charge in [0.15, 0.2) is 0 Å². The lowest BCUT2D eigenvalue weighted by atomic mass is 10.1. The molecule has 1 saturated carbocycles. The van der Waals surface area contributed by atoms with Crippen molar-refractivity contribution in [2.24, 2.45) is 17.3 Å². The molecule has 4 nitrogen and oxygen atoms in total. The molecule has 0 unspecified atom stereocenters. The fraction of sp³-hybridized carbons (Fsp3) is 0.500. The van der Waals surface area contributed by atoms with Crippen molar-refractivity contribution in [1.82, 2.24) is 0 Å². The number of carboxylic acid groups (broad SMARTS) is 1. The van der Waals surface area contributed by atoms with Crippen molar-refractivity contribution in [3.63, 3.8) is 0 Å². The highest BCUT2D eigenvalue weighted by atomic mass is 16.4. The van der Waals surface area contributed by atoms with Gasteiger partial charge in [0.1, 0.15) is 0 Å². The Morgan fingerprint density at radius 2 is 1.75 bits per heavy atom. The molecule has 108 valence electrons. The SMILES string of the molecule is CCN(C(=O)[C@H]1[C@@H](C(=O)O)C1(C)C)c1ccc(C)cc1. The van der Waals surface area contributed by atoms with Crippen LogP contribution in [0.15, 0.2) is 24.3 Å². The van der Waals surface area contributed by atoms with Crippen molar-refractivity contribution in [1.29, 1.82) is 0 Å². The van der Waals surface area contributed by atoms with Gasteiger partial charge in [-0.3, -0.25) is 9.59 Å². The Balaban J connectivity index is 2.23. The van der Waals surface area contributed by atoms with Crippen LogP contribution in [0.2, 0.25) is 0 Å². The minimum Gasteiger partial charge on any atom is -0.481 e. The first kappa shape index (κ1) is 14.6. The summed E-state index contributed by atoms with van der Waals surface area (Å²) in [7, 11) is 0. The van der Waals surface area contributed by atoms with E-state index in [0.717, 1.165) is 11.3 Å². The van der Waals surface area contributed by atoms with Gasteiger partial charge in [-0.25, -0.2) is 0 Å². The van der Waals surface area contributed by atoms with E-state index in [1.165, 1.54) is 0 Å². The number of hydrogen-bond donors (Lipinski definition) is 1. The summed E-state index contributed by atoms with van der Waals surface area (Å²) >= 11 is 0. The molecule has 0 saturated heterocycles. The normalized spacial score (nSPS) is 23.2. The molecular weight excluding hydrogens is 254 g/mol. The van der Waals surface area contributed by atoms with Gasteiger partial charge in [0.05, 0.1) is 11.8 Å². The Morgan fingerprint density at radius 1 is 1.20 bits per heavy atom. The quantitative estimate of drug-likeness (QED) is 0.919. The minimum absolute atomic E-state index is 0.0891. The summed E-state index contributed by atoms with van der Waals surface area (Å²) in [4.78, 5) is 25.5. The maximum Gasteiger partial charge on any atom is 0.307 e. The fourth-order valence-corrected chi connectivity index (χ4v) is 2.92. The van der Waals surface area contributed by atoms with E-state index < -0.39 is 23.2 Å². The Kier molecular flexibility index (Phi) is 3.59. The molecule has 0 aromatic heterocycles. The number of anilines is 1. The molecule has 1 aliphatic carbocycles. The minimum atomic E-state index is -0.881. The maximum absolute atomic E-state index is 12.6. The van der Waals surface area contributed by atoms with Gasteiger partial charge in [0, 0.05) is 12.2 Å². The average Bonchev–Trinajstić information content (AvgIpc) is 2.95. The number of amides is 1. The number of carbonyl (C=O) groups is 2. The molecule has 1 aromatic rings. The van der Waals surface area contributed by atoms with E-state index in [9.17, 15) is 14.7 Å². The van der Waals surface area contributed by atoms with Crippen LogP contribution in [-0.2, 0) is 9.59 Å². The van der Waals surface area contributed by atoms with Crippen LogP contribution < -0.4 is 4.90 Å². The van der Waals surface area contributed by atoms with Gasteiger partial charge in [0.25, 0.3) is 0 Å². The standard InChI is InChI=1S/C16H21NO3/c1-5-17(11-8-6-10(2)7-9-11)14(18)12-13(15(19)20)16(12,3)4/h6-9,12-13H,5H2,1-4H3,(H,19,20)/t12-,13+/m1/s1. The first-order valence-corrected chi connectivity index (χ1v) is 6.91. The Morgan fingerprint density at radius 3 is 2.15 bits per heavy atom. The molecule has 1 N–H and O–H groups in total. The number of hydrogen-bond acceptors (Lipinski definition) is 2. The van der Waals surface area contributed by atoms with Crippen LogP contribution in [0.1, 0.15) is 26.3 Å². The van der Waals surface area contributed by atoms with E-state index >= 15 is 0 Å². The lowest BCUT2D eigenvalue weighted by molar-refractivity contribution is -0.140. The third-order valence-electron chi connectivity index (χ3n) is 4.29. The molecule has 2 rings (SSSR count). The molecule has 1 aliphatic rings. The van der Waals surface area contributed by atoms with Gasteiger partial charge in [-0.2, -0.15) is 0 Å². The second-order valence-electron chi connectivity index (χ2n) is 6.03. The van der Waals surface area contributed by atoms with Crippen molar-refractivity contribution in [2.75, 3.05) is 11.4 Å². The van der Waals surface area contributed by atoms with E-state index in [1.807, 2.05) is 52.0 Å². The summed E-state index contributed by atoms with van der Waals surface area (Å²) in [6, 6.07) is 7.72. The van der Waals surface area contributed by atoms with E-state index in [2.05, 4.69) is 0 Å². The van der Waals surface area contributed by atoms with Gasteiger partial charge in [0.2, 0.25) is 5.91 Å². The van der Waals surface area contributed by atoms with Crippen LogP contribution in [0.25, 0.3) is 0 Å². The van der Waals surface area contributed by atoms with Gasteiger partial charge in [-0.1, -0.05) is 31.5 Å². The first-order valence-electron chi connectivity index (χ1n) is 6.91. The molecule has 1 amide bonds. The highest BCUT2D eigenvalue weighted by Gasteiger charge is 2.66. The van der Waals surface area contributed by atoms with E-state index in [0.29, 0.717) is 6.54 Å². The zero-order chi connectivity index (χ0) is 15.1. The number of carboxylic acids is 1. The zero-order valence-corrected chi connectivity index (χ0v) is 12.4. The number of benzene rings is 1. The molecule has 0 spiro atoms. The number of nitrogens with zero attached hydrogens (tertiary/aromatic N) is 1. The highest BCUT2D eigenvalue weighted by molar-refractivity contribution is 6.01. The van der Waals surface area contributed by atoms with E-state index in [-0.39, 0.29) is 5.91 Å². The maximum atomic E-state index is 12.6. The lowest BCUT2D eigenvalue weighted by Crippen LogP contribution is -2.33. The smallest absolute Gasteiger partial charge is 0.307 e. The van der Waals surface area contributed by atoms with Gasteiger partial charge in [-0.05, 0) is 31.4 Å². The van der Waals surface area contributed by atoms with Crippen molar-refractivity contribution in [2.45, 2.75) is 27.7 Å². The lowest BCUT2D eigenvalue weighted by Gasteiger charge is -2.22. The number of aliphatic carboxylic acids is 1. The van der Waals surface area contributed by atoms with Crippen LogP contribution in [-0.4, -0.2) is 23.5 Å². The van der Waals surface area contributed by atoms with Gasteiger partial charge in [-0.15, -0.1) is 0 Å². The molecule has 0 aliphatic heterocycles. The summed E-state index contributed by atoms with van der Waals surface area (Å²) in [5.41, 5.74) is 1.50. The van der Waals surface area contributed by atoms with E-state index in [4.69, 9.17) is 0 Å². The van der Waals surface area contributed by atoms with Crippen LogP contribution in [0, 0.1) is 24.2 Å². The zero-order valence-electron chi connectivity index (χ0n) is 12.4. The molecule has 0 heterocycles. The molecular formula is C16H21NO3. The first-order chi connectivity index (χ1) is 9.30. The molecule has 0 bridgehead atoms. The fourth-order valence-electron chi connectivity index (χ4n) is 2.92. The second-order valence-corrected chi connectivity index (χ2v) is 6.03. The Bertz CT molecular complexity index is 533. The van der Waals surface area contributed by atoms with Crippen LogP contribution in [0.5, 0.6) is 0 Å². The monoisotopic (exact) mass is 275 g/mol. The van der Waals surface area contributed by atoms with E-state index in [1.54, 1.807) is 4.90 Å². The van der Waals surface area contributed by atoms with Gasteiger partial charge >= 0.3 is 5.97 Å². The summed E-state index contributed by atoms with van der Waals surface area (Å²) in [6.45, 7) is 8.13. The number of rotatable bonds is 4. The van der Waals surface area contributed by atoms with Crippen molar-refractivity contribution in [3.05, 3.63) is 29.8 Å². The number of aryl methyl sites for hydroxylation is 1. The molecule has 4 heteroatoms. The molecule has 2 atom stereocenters. The third-order valence-corrected chi connectivity index (χ3v) is 4.29. The summed E-state index contributed by atoms with van der Waals surface area (Å²) in [6.07, 6.45) is 0. The molecule has 1 aromatic carbocycles.